The number of amides is 1. The molecule has 2 saturated heterocycles. The Morgan fingerprint density at radius 1 is 1.13 bits per heavy atom. The quantitative estimate of drug-likeness (QED) is 0.522. The SMILES string of the molecule is CCCN1CCC2(CC1)CN(c1ccc(C(=O)NC3C(C)(C)C(Oc4ccc(C#N)c(Cl)c4)C3(C)C)nn1)C2. The number of carbonyl (C=O) groups excluding carboxylic acids is 1. The lowest BCUT2D eigenvalue weighted by atomic mass is 9.49. The van der Waals surface area contributed by atoms with E-state index in [9.17, 15) is 4.79 Å². The molecule has 1 amide bonds. The summed E-state index contributed by atoms with van der Waals surface area (Å²) in [5.74, 6) is 1.21. The first-order valence-corrected chi connectivity index (χ1v) is 14.3. The van der Waals surface area contributed by atoms with Gasteiger partial charge in [-0.25, -0.2) is 0 Å². The fourth-order valence-electron chi connectivity index (χ4n) is 7.22. The summed E-state index contributed by atoms with van der Waals surface area (Å²) < 4.78 is 6.32. The Hall–Kier alpha value is -2.89. The minimum absolute atomic E-state index is 0.133. The lowest BCUT2D eigenvalue weighted by Crippen LogP contribution is -2.74. The van der Waals surface area contributed by atoms with E-state index in [0.29, 0.717) is 27.4 Å². The number of likely N-dealkylation sites (tertiary alicyclic amines) is 1. The Kier molecular flexibility index (Phi) is 7.28. The molecule has 0 radical (unpaired) electrons. The minimum atomic E-state index is -0.342. The number of piperidine rings is 1. The van der Waals surface area contributed by atoms with Crippen molar-refractivity contribution in [1.29, 1.82) is 5.26 Å². The third kappa shape index (κ3) is 5.07. The number of benzene rings is 1. The zero-order valence-corrected chi connectivity index (χ0v) is 24.4. The van der Waals surface area contributed by atoms with E-state index in [1.54, 1.807) is 24.3 Å². The van der Waals surface area contributed by atoms with Crippen molar-refractivity contribution in [3.05, 3.63) is 46.6 Å². The van der Waals surface area contributed by atoms with Crippen molar-refractivity contribution in [2.45, 2.75) is 66.0 Å². The molecule has 5 rings (SSSR count). The fourth-order valence-corrected chi connectivity index (χ4v) is 7.44. The van der Waals surface area contributed by atoms with Gasteiger partial charge in [-0.15, -0.1) is 10.2 Å². The molecule has 3 fully saturated rings. The van der Waals surface area contributed by atoms with Gasteiger partial charge in [0.25, 0.3) is 5.91 Å². The van der Waals surface area contributed by atoms with Crippen molar-refractivity contribution < 1.29 is 9.53 Å². The van der Waals surface area contributed by atoms with Crippen molar-refractivity contribution in [3.63, 3.8) is 0 Å². The molecule has 208 valence electrons. The number of rotatable bonds is 7. The average molecular weight is 551 g/mol. The number of hydrogen-bond donors (Lipinski definition) is 1. The van der Waals surface area contributed by atoms with Crippen LogP contribution >= 0.6 is 11.6 Å². The molecule has 39 heavy (non-hydrogen) atoms. The van der Waals surface area contributed by atoms with Crippen molar-refractivity contribution in [2.24, 2.45) is 16.2 Å². The Morgan fingerprint density at radius 3 is 2.38 bits per heavy atom. The number of hydrogen-bond acceptors (Lipinski definition) is 7. The summed E-state index contributed by atoms with van der Waals surface area (Å²) in [5, 5.41) is 21.4. The Labute approximate surface area is 236 Å². The number of anilines is 1. The van der Waals surface area contributed by atoms with Gasteiger partial charge in [0, 0.05) is 41.4 Å². The van der Waals surface area contributed by atoms with Crippen LogP contribution in [0, 0.1) is 27.6 Å². The van der Waals surface area contributed by atoms with Gasteiger partial charge in [-0.2, -0.15) is 5.26 Å². The summed E-state index contributed by atoms with van der Waals surface area (Å²) in [5.41, 5.74) is 0.453. The normalized spacial score (nSPS) is 24.8. The van der Waals surface area contributed by atoms with Gasteiger partial charge in [0.05, 0.1) is 10.6 Å². The molecule has 3 aliphatic rings. The van der Waals surface area contributed by atoms with Gasteiger partial charge < -0.3 is 19.9 Å². The van der Waals surface area contributed by atoms with E-state index in [1.807, 2.05) is 6.07 Å². The summed E-state index contributed by atoms with van der Waals surface area (Å²) in [7, 11) is 0. The number of halogens is 1. The Balaban J connectivity index is 1.17. The van der Waals surface area contributed by atoms with Crippen molar-refractivity contribution in [1.82, 2.24) is 20.4 Å². The first kappa shape index (κ1) is 27.7. The van der Waals surface area contributed by atoms with Crippen LogP contribution in [0.2, 0.25) is 5.02 Å². The fraction of sp³-hybridized carbons (Fsp3) is 0.600. The molecule has 9 heteroatoms. The number of aromatic nitrogens is 2. The molecule has 3 heterocycles. The van der Waals surface area contributed by atoms with Gasteiger partial charge in [-0.3, -0.25) is 4.79 Å². The highest BCUT2D eigenvalue weighted by Gasteiger charge is 2.64. The molecule has 2 aromatic rings. The van der Waals surface area contributed by atoms with Gasteiger partial charge in [0.15, 0.2) is 11.5 Å². The molecular formula is C30H39ClN6O2. The van der Waals surface area contributed by atoms with E-state index in [-0.39, 0.29) is 28.9 Å². The molecule has 0 atom stereocenters. The first-order valence-electron chi connectivity index (χ1n) is 14.0. The summed E-state index contributed by atoms with van der Waals surface area (Å²) in [6.07, 6.45) is 3.54. The molecule has 1 aromatic carbocycles. The molecule has 2 aliphatic heterocycles. The van der Waals surface area contributed by atoms with Crippen LogP contribution in [0.25, 0.3) is 0 Å². The number of nitriles is 1. The van der Waals surface area contributed by atoms with Crippen molar-refractivity contribution >= 4 is 23.3 Å². The molecule has 1 aliphatic carbocycles. The van der Waals surface area contributed by atoms with Crippen molar-refractivity contribution in [2.75, 3.05) is 37.6 Å². The lowest BCUT2D eigenvalue weighted by Gasteiger charge is -2.63. The first-order chi connectivity index (χ1) is 18.5. The zero-order valence-electron chi connectivity index (χ0n) is 23.6. The predicted molar refractivity (Wildman–Crippen MR) is 152 cm³/mol. The highest BCUT2D eigenvalue weighted by Crippen LogP contribution is 2.55. The molecule has 8 nitrogen and oxygen atoms in total. The van der Waals surface area contributed by atoms with Gasteiger partial charge >= 0.3 is 0 Å². The monoisotopic (exact) mass is 550 g/mol. The number of carbonyl (C=O) groups is 1. The number of ether oxygens (including phenoxy) is 1. The maximum absolute atomic E-state index is 13.2. The summed E-state index contributed by atoms with van der Waals surface area (Å²) in [4.78, 5) is 18.0. The van der Waals surface area contributed by atoms with Gasteiger partial charge in [0.2, 0.25) is 0 Å². The molecule has 1 aromatic heterocycles. The van der Waals surface area contributed by atoms with Gasteiger partial charge in [-0.1, -0.05) is 46.2 Å². The second-order valence-corrected chi connectivity index (χ2v) is 13.2. The largest absolute Gasteiger partial charge is 0.489 e. The highest BCUT2D eigenvalue weighted by molar-refractivity contribution is 6.31. The lowest BCUT2D eigenvalue weighted by molar-refractivity contribution is -0.164. The molecule has 0 unspecified atom stereocenters. The average Bonchev–Trinajstić information content (AvgIpc) is 2.89. The maximum Gasteiger partial charge on any atom is 0.272 e. The smallest absolute Gasteiger partial charge is 0.272 e. The van der Waals surface area contributed by atoms with Crippen LogP contribution in [-0.4, -0.2) is 65.9 Å². The van der Waals surface area contributed by atoms with Crippen LogP contribution in [0.5, 0.6) is 5.75 Å². The van der Waals surface area contributed by atoms with E-state index in [0.717, 1.165) is 18.9 Å². The third-order valence-corrected chi connectivity index (χ3v) is 9.46. The van der Waals surface area contributed by atoms with E-state index < -0.39 is 0 Å². The van der Waals surface area contributed by atoms with Gasteiger partial charge in [-0.05, 0) is 63.2 Å². The second-order valence-electron chi connectivity index (χ2n) is 12.8. The van der Waals surface area contributed by atoms with Crippen molar-refractivity contribution in [3.8, 4) is 11.8 Å². The topological polar surface area (TPSA) is 94.4 Å². The van der Waals surface area contributed by atoms with E-state index in [2.05, 4.69) is 66.0 Å². The Bertz CT molecular complexity index is 1240. The molecular weight excluding hydrogens is 512 g/mol. The molecule has 1 spiro atoms. The van der Waals surface area contributed by atoms with E-state index >= 15 is 0 Å². The molecule has 1 saturated carbocycles. The van der Waals surface area contributed by atoms with E-state index in [4.69, 9.17) is 21.6 Å². The van der Waals surface area contributed by atoms with Crippen LogP contribution in [0.15, 0.2) is 30.3 Å². The van der Waals surface area contributed by atoms with Crippen LogP contribution in [0.1, 0.15) is 69.9 Å². The molecule has 1 N–H and O–H groups in total. The zero-order chi connectivity index (χ0) is 28.0. The highest BCUT2D eigenvalue weighted by atomic mass is 35.5. The van der Waals surface area contributed by atoms with Crippen LogP contribution in [0.4, 0.5) is 5.82 Å². The summed E-state index contributed by atoms with van der Waals surface area (Å²) >= 11 is 6.20. The predicted octanol–water partition coefficient (Wildman–Crippen LogP) is 4.93. The maximum atomic E-state index is 13.2. The Morgan fingerprint density at radius 2 is 1.82 bits per heavy atom. The summed E-state index contributed by atoms with van der Waals surface area (Å²) in [6, 6.07) is 10.7. The number of nitrogens with zero attached hydrogens (tertiary/aromatic N) is 5. The van der Waals surface area contributed by atoms with Crippen LogP contribution in [0.3, 0.4) is 0 Å². The third-order valence-electron chi connectivity index (χ3n) is 9.15. The standard InChI is InChI=1S/C30H39ClN6O2/c1-6-13-36-14-11-30(12-15-36)18-37(19-30)24-10-9-23(34-35-24)25(38)33-26-28(2,3)27(29(26,4)5)39-21-8-7-20(17-32)22(31)16-21/h7-10,16,26-27H,6,11-15,18-19H2,1-5H3,(H,33,38). The number of nitrogens with one attached hydrogen (secondary N) is 1. The molecule has 0 bridgehead atoms. The van der Waals surface area contributed by atoms with E-state index in [1.165, 1.54) is 38.9 Å². The van der Waals surface area contributed by atoms with Gasteiger partial charge in [0.1, 0.15) is 17.9 Å². The second kappa shape index (κ2) is 10.3. The van der Waals surface area contributed by atoms with Crippen LogP contribution < -0.4 is 15.0 Å². The minimum Gasteiger partial charge on any atom is -0.489 e. The summed E-state index contributed by atoms with van der Waals surface area (Å²) in [6.45, 7) is 16.2. The van der Waals surface area contributed by atoms with Crippen LogP contribution in [-0.2, 0) is 0 Å².